The number of unbranched alkanes of at least 4 members (excludes halogenated alkanes) is 2. The molecule has 0 amide bonds. The summed E-state index contributed by atoms with van der Waals surface area (Å²) >= 11 is 0. The van der Waals surface area contributed by atoms with E-state index < -0.39 is 5.97 Å². The van der Waals surface area contributed by atoms with Crippen LogP contribution < -0.4 is 0 Å². The average Bonchev–Trinajstić information content (AvgIpc) is 2.93. The van der Waals surface area contributed by atoms with Crippen molar-refractivity contribution >= 4 is 5.97 Å². The van der Waals surface area contributed by atoms with E-state index in [0.717, 1.165) is 13.0 Å². The molecule has 0 fully saturated rings. The van der Waals surface area contributed by atoms with Gasteiger partial charge in [0, 0.05) is 6.61 Å². The fourth-order valence-corrected chi connectivity index (χ4v) is 2.65. The van der Waals surface area contributed by atoms with Crippen LogP contribution in [0, 0.1) is 0 Å². The van der Waals surface area contributed by atoms with Gasteiger partial charge in [0.15, 0.2) is 0 Å². The van der Waals surface area contributed by atoms with Gasteiger partial charge in [0.05, 0.1) is 126 Å². The molecule has 38 heavy (non-hydrogen) atoms. The van der Waals surface area contributed by atoms with Crippen molar-refractivity contribution in [3.8, 4) is 0 Å². The molecule has 0 rings (SSSR count). The van der Waals surface area contributed by atoms with Gasteiger partial charge >= 0.3 is 5.97 Å². The summed E-state index contributed by atoms with van der Waals surface area (Å²) in [7, 11) is 1.32. The zero-order chi connectivity index (χ0) is 27.6. The molecule has 0 saturated carbocycles. The minimum atomic E-state index is -0.404. The first-order chi connectivity index (χ1) is 18.8. The topological polar surface area (TPSA) is 119 Å². The van der Waals surface area contributed by atoms with Gasteiger partial charge in [-0.05, 0) is 6.42 Å². The second-order valence-corrected chi connectivity index (χ2v) is 7.85. The highest BCUT2D eigenvalue weighted by Crippen LogP contribution is 1.94. The zero-order valence-electron chi connectivity index (χ0n) is 23.7. The molecule has 228 valence electrons. The van der Waals surface area contributed by atoms with Crippen LogP contribution in [0.15, 0.2) is 0 Å². The Morgan fingerprint density at radius 2 is 0.658 bits per heavy atom. The second-order valence-electron chi connectivity index (χ2n) is 7.85. The lowest BCUT2D eigenvalue weighted by Gasteiger charge is -2.09. The highest BCUT2D eigenvalue weighted by molar-refractivity contribution is 5.70. The maximum atomic E-state index is 10.8. The summed E-state index contributed by atoms with van der Waals surface area (Å²) in [6.07, 6.45) is 3.54. The minimum absolute atomic E-state index is 0.0657. The van der Waals surface area contributed by atoms with Crippen molar-refractivity contribution in [3.05, 3.63) is 0 Å². The standard InChI is InChI=1S/C26H52O12/c1-3-4-5-6-29-7-8-30-9-10-31-11-12-32-13-14-33-15-16-34-17-18-35-19-20-36-21-22-37-23-24-38-25-26(27)28-2/h3-25H2,1-2H3. The Labute approximate surface area is 228 Å². The van der Waals surface area contributed by atoms with Gasteiger partial charge in [0.2, 0.25) is 0 Å². The Hall–Kier alpha value is -0.930. The zero-order valence-corrected chi connectivity index (χ0v) is 23.7. The summed E-state index contributed by atoms with van der Waals surface area (Å²) in [5.41, 5.74) is 0. The van der Waals surface area contributed by atoms with E-state index in [1.54, 1.807) is 0 Å². The quantitative estimate of drug-likeness (QED) is 0.0861. The van der Waals surface area contributed by atoms with Crippen LogP contribution in [0.4, 0.5) is 0 Å². The number of methoxy groups -OCH3 is 1. The van der Waals surface area contributed by atoms with E-state index in [9.17, 15) is 4.79 Å². The van der Waals surface area contributed by atoms with E-state index in [0.29, 0.717) is 119 Å². The smallest absolute Gasteiger partial charge is 0.331 e. The molecule has 0 bridgehead atoms. The third-order valence-corrected chi connectivity index (χ3v) is 4.69. The first-order valence-corrected chi connectivity index (χ1v) is 13.7. The summed E-state index contributed by atoms with van der Waals surface area (Å²) in [5.74, 6) is -0.404. The van der Waals surface area contributed by atoms with Crippen LogP contribution >= 0.6 is 0 Å². The Morgan fingerprint density at radius 3 is 0.921 bits per heavy atom. The van der Waals surface area contributed by atoms with Crippen molar-refractivity contribution in [1.29, 1.82) is 0 Å². The highest BCUT2D eigenvalue weighted by atomic mass is 16.6. The van der Waals surface area contributed by atoms with E-state index >= 15 is 0 Å². The predicted molar refractivity (Wildman–Crippen MR) is 140 cm³/mol. The molecule has 0 aliphatic rings. The molecule has 0 aromatic carbocycles. The van der Waals surface area contributed by atoms with Crippen molar-refractivity contribution in [2.45, 2.75) is 26.2 Å². The van der Waals surface area contributed by atoms with Crippen LogP contribution in [-0.4, -0.2) is 145 Å². The monoisotopic (exact) mass is 556 g/mol. The highest BCUT2D eigenvalue weighted by Gasteiger charge is 1.99. The number of hydrogen-bond acceptors (Lipinski definition) is 12. The van der Waals surface area contributed by atoms with Crippen LogP contribution in [0.1, 0.15) is 26.2 Å². The van der Waals surface area contributed by atoms with Gasteiger partial charge in [-0.1, -0.05) is 19.8 Å². The lowest BCUT2D eigenvalue weighted by atomic mass is 10.3. The molecule has 0 N–H and O–H groups in total. The largest absolute Gasteiger partial charge is 0.467 e. The average molecular weight is 557 g/mol. The van der Waals surface area contributed by atoms with Gasteiger partial charge in [-0.3, -0.25) is 0 Å². The number of esters is 1. The van der Waals surface area contributed by atoms with Crippen molar-refractivity contribution in [3.63, 3.8) is 0 Å². The molecule has 0 saturated heterocycles. The second kappa shape index (κ2) is 34.1. The molecule has 0 atom stereocenters. The third kappa shape index (κ3) is 33.1. The molecule has 0 heterocycles. The molecule has 0 aromatic rings. The van der Waals surface area contributed by atoms with Crippen LogP contribution in [0.25, 0.3) is 0 Å². The van der Waals surface area contributed by atoms with Crippen molar-refractivity contribution in [2.75, 3.05) is 139 Å². The van der Waals surface area contributed by atoms with Crippen molar-refractivity contribution in [2.24, 2.45) is 0 Å². The molecule has 0 aliphatic carbocycles. The number of carbonyl (C=O) groups excluding carboxylic acids is 1. The van der Waals surface area contributed by atoms with Crippen LogP contribution in [0.5, 0.6) is 0 Å². The first-order valence-electron chi connectivity index (χ1n) is 13.7. The van der Waals surface area contributed by atoms with Gasteiger partial charge in [0.1, 0.15) is 6.61 Å². The molecular weight excluding hydrogens is 504 g/mol. The Morgan fingerprint density at radius 1 is 0.395 bits per heavy atom. The SMILES string of the molecule is CCCCCOCCOCCOCCOCCOCCOCCOCCOCCOCCOCC(=O)OC. The summed E-state index contributed by atoms with van der Waals surface area (Å²) in [4.78, 5) is 10.8. The first kappa shape index (κ1) is 37.1. The Kier molecular flexibility index (Phi) is 33.3. The number of carbonyl (C=O) groups is 1. The summed E-state index contributed by atoms with van der Waals surface area (Å²) < 4.78 is 58.4. The van der Waals surface area contributed by atoms with E-state index in [1.165, 1.54) is 20.0 Å². The van der Waals surface area contributed by atoms with Crippen LogP contribution in [0.3, 0.4) is 0 Å². The fourth-order valence-electron chi connectivity index (χ4n) is 2.65. The van der Waals surface area contributed by atoms with E-state index in [1.807, 2.05) is 0 Å². The summed E-state index contributed by atoms with van der Waals surface area (Å²) in [5, 5.41) is 0. The molecular formula is C26H52O12. The molecule has 0 unspecified atom stereocenters. The lowest BCUT2D eigenvalue weighted by molar-refractivity contribution is -0.146. The predicted octanol–water partition coefficient (Wildman–Crippen LogP) is 1.52. The summed E-state index contributed by atoms with van der Waals surface area (Å²) in [6, 6.07) is 0. The number of rotatable bonds is 33. The summed E-state index contributed by atoms with van der Waals surface area (Å²) in [6.45, 7) is 12.0. The van der Waals surface area contributed by atoms with Gasteiger partial charge in [-0.25, -0.2) is 4.79 Å². The maximum Gasteiger partial charge on any atom is 0.331 e. The fraction of sp³-hybridized carbons (Fsp3) is 0.962. The van der Waals surface area contributed by atoms with Crippen LogP contribution in [0.2, 0.25) is 0 Å². The van der Waals surface area contributed by atoms with Gasteiger partial charge in [-0.2, -0.15) is 0 Å². The molecule has 0 spiro atoms. The van der Waals surface area contributed by atoms with Crippen molar-refractivity contribution < 1.29 is 56.9 Å². The van der Waals surface area contributed by atoms with Gasteiger partial charge in [0.25, 0.3) is 0 Å². The lowest BCUT2D eigenvalue weighted by Crippen LogP contribution is -2.16. The van der Waals surface area contributed by atoms with Gasteiger partial charge < -0.3 is 52.1 Å². The van der Waals surface area contributed by atoms with Gasteiger partial charge in [-0.15, -0.1) is 0 Å². The number of hydrogen-bond donors (Lipinski definition) is 0. The molecule has 0 aliphatic heterocycles. The van der Waals surface area contributed by atoms with Crippen molar-refractivity contribution in [1.82, 2.24) is 0 Å². The Bertz CT molecular complexity index is 456. The normalized spacial score (nSPS) is 11.3. The minimum Gasteiger partial charge on any atom is -0.467 e. The third-order valence-electron chi connectivity index (χ3n) is 4.69. The van der Waals surface area contributed by atoms with E-state index in [4.69, 9.17) is 47.4 Å². The molecule has 12 heteroatoms. The molecule has 0 radical (unpaired) electrons. The molecule has 12 nitrogen and oxygen atoms in total. The van der Waals surface area contributed by atoms with Crippen LogP contribution in [-0.2, 0) is 56.9 Å². The van der Waals surface area contributed by atoms with E-state index in [2.05, 4.69) is 11.7 Å². The molecule has 0 aromatic heterocycles. The number of ether oxygens (including phenoxy) is 11. The maximum absolute atomic E-state index is 10.8. The Balaban J connectivity index is 3.03. The van der Waals surface area contributed by atoms with E-state index in [-0.39, 0.29) is 6.61 Å².